The van der Waals surface area contributed by atoms with Crippen LogP contribution in [0.5, 0.6) is 0 Å². The molecule has 0 fully saturated rings. The summed E-state index contributed by atoms with van der Waals surface area (Å²) in [4.78, 5) is 0. The zero-order valence-electron chi connectivity index (χ0n) is 8.38. The first-order chi connectivity index (χ1) is 6.83. The number of hydrogen-bond donors (Lipinski definition) is 2. The van der Waals surface area contributed by atoms with Crippen molar-refractivity contribution < 1.29 is 4.52 Å². The first-order valence-electron chi connectivity index (χ1n) is 4.29. The Morgan fingerprint density at radius 3 is 2.75 bits per heavy atom. The van der Waals surface area contributed by atoms with E-state index in [1.807, 2.05) is 12.1 Å². The summed E-state index contributed by atoms with van der Waals surface area (Å²) in [6, 6.07) is 5.63. The molecule has 0 saturated heterocycles. The summed E-state index contributed by atoms with van der Waals surface area (Å²) < 4.78 is 5.14. The Kier molecular flexibility index (Phi) is 6.59. The fourth-order valence-corrected chi connectivity index (χ4v) is 1.94. The second-order valence-electron chi connectivity index (χ2n) is 2.85. The number of para-hydroxylation sites is 1. The fraction of sp³-hybridized carbons (Fsp3) is 0.222. The Balaban J connectivity index is 0.00000112. The van der Waals surface area contributed by atoms with Crippen molar-refractivity contribution in [1.82, 2.24) is 5.16 Å². The topological polar surface area (TPSA) is 78.1 Å². The molecule has 4 N–H and O–H groups in total. The molecule has 0 aliphatic carbocycles. The van der Waals surface area contributed by atoms with E-state index in [0.29, 0.717) is 17.8 Å². The standard InChI is InChI=1S/C9H11N3OS.2ClH/c10-4-5-14-9-6-2-1-3-7(11)8(6)13-12-9;;/h1-3H,4-5,10-11H2;2*1H. The van der Waals surface area contributed by atoms with Crippen LogP contribution in [0.2, 0.25) is 0 Å². The van der Waals surface area contributed by atoms with Crippen molar-refractivity contribution in [3.05, 3.63) is 18.2 Å². The lowest BCUT2D eigenvalue weighted by molar-refractivity contribution is 0.438. The van der Waals surface area contributed by atoms with Gasteiger partial charge in [0.1, 0.15) is 5.03 Å². The van der Waals surface area contributed by atoms with Crippen LogP contribution in [-0.4, -0.2) is 17.5 Å². The third-order valence-electron chi connectivity index (χ3n) is 1.85. The quantitative estimate of drug-likeness (QED) is 0.667. The summed E-state index contributed by atoms with van der Waals surface area (Å²) in [6.45, 7) is 0.626. The average Bonchev–Trinajstić information content (AvgIpc) is 2.60. The van der Waals surface area contributed by atoms with Gasteiger partial charge in [-0.25, -0.2) is 0 Å². The lowest BCUT2D eigenvalue weighted by Crippen LogP contribution is -2.00. The number of thioether (sulfide) groups is 1. The van der Waals surface area contributed by atoms with Crippen LogP contribution in [0.4, 0.5) is 5.69 Å². The van der Waals surface area contributed by atoms with E-state index in [-0.39, 0.29) is 24.8 Å². The van der Waals surface area contributed by atoms with E-state index in [1.165, 1.54) is 0 Å². The number of nitrogens with two attached hydrogens (primary N) is 2. The minimum absolute atomic E-state index is 0. The van der Waals surface area contributed by atoms with E-state index < -0.39 is 0 Å². The van der Waals surface area contributed by atoms with E-state index in [0.717, 1.165) is 16.2 Å². The van der Waals surface area contributed by atoms with Gasteiger partial charge in [-0.05, 0) is 12.1 Å². The van der Waals surface area contributed by atoms with Crippen LogP contribution in [0.3, 0.4) is 0 Å². The van der Waals surface area contributed by atoms with E-state index in [9.17, 15) is 0 Å². The monoisotopic (exact) mass is 281 g/mol. The Bertz CT molecular complexity index is 449. The molecule has 0 saturated carbocycles. The summed E-state index contributed by atoms with van der Waals surface area (Å²) in [6.07, 6.45) is 0. The van der Waals surface area contributed by atoms with Crippen molar-refractivity contribution in [2.24, 2.45) is 5.73 Å². The first kappa shape index (κ1) is 15.4. The number of nitrogen functional groups attached to an aromatic ring is 1. The van der Waals surface area contributed by atoms with Gasteiger partial charge in [0.2, 0.25) is 0 Å². The molecule has 0 bridgehead atoms. The molecule has 0 unspecified atom stereocenters. The van der Waals surface area contributed by atoms with Crippen LogP contribution in [-0.2, 0) is 0 Å². The van der Waals surface area contributed by atoms with Gasteiger partial charge in [0.25, 0.3) is 0 Å². The molecule has 0 aliphatic rings. The van der Waals surface area contributed by atoms with Crippen LogP contribution in [0.15, 0.2) is 27.7 Å². The average molecular weight is 282 g/mol. The molecule has 0 atom stereocenters. The Morgan fingerprint density at radius 2 is 2.06 bits per heavy atom. The highest BCUT2D eigenvalue weighted by Gasteiger charge is 2.09. The van der Waals surface area contributed by atoms with Crippen molar-refractivity contribution in [2.75, 3.05) is 18.0 Å². The second kappa shape index (κ2) is 6.85. The molecular weight excluding hydrogens is 269 g/mol. The predicted octanol–water partition coefficient (Wildman–Crippen LogP) is 2.30. The molecule has 90 valence electrons. The molecule has 7 heteroatoms. The molecular formula is C9H13Cl2N3OS. The number of nitrogens with zero attached hydrogens (tertiary/aromatic N) is 1. The summed E-state index contributed by atoms with van der Waals surface area (Å²) in [5, 5.41) is 5.77. The Hall–Kier alpha value is -0.620. The highest BCUT2D eigenvalue weighted by molar-refractivity contribution is 7.99. The lowest BCUT2D eigenvalue weighted by Gasteiger charge is -1.94. The number of benzene rings is 1. The molecule has 1 aromatic carbocycles. The molecule has 0 spiro atoms. The normalized spacial score (nSPS) is 9.56. The molecule has 2 aromatic rings. The first-order valence-corrected chi connectivity index (χ1v) is 5.28. The zero-order chi connectivity index (χ0) is 9.97. The van der Waals surface area contributed by atoms with E-state index in [1.54, 1.807) is 17.8 Å². The Morgan fingerprint density at radius 1 is 1.31 bits per heavy atom. The number of anilines is 1. The molecule has 16 heavy (non-hydrogen) atoms. The van der Waals surface area contributed by atoms with Crippen LogP contribution < -0.4 is 11.5 Å². The van der Waals surface area contributed by atoms with Crippen molar-refractivity contribution >= 4 is 53.2 Å². The minimum atomic E-state index is 0. The summed E-state index contributed by atoms with van der Waals surface area (Å²) in [5.41, 5.74) is 12.4. The highest BCUT2D eigenvalue weighted by atomic mass is 35.5. The molecule has 0 aliphatic heterocycles. The largest absolute Gasteiger partial charge is 0.396 e. The maximum atomic E-state index is 5.73. The summed E-state index contributed by atoms with van der Waals surface area (Å²) in [7, 11) is 0. The van der Waals surface area contributed by atoms with Gasteiger partial charge in [-0.1, -0.05) is 11.2 Å². The van der Waals surface area contributed by atoms with Gasteiger partial charge >= 0.3 is 0 Å². The molecule has 0 radical (unpaired) electrons. The summed E-state index contributed by atoms with van der Waals surface area (Å²) in [5.74, 6) is 0.830. The maximum absolute atomic E-state index is 5.73. The third-order valence-corrected chi connectivity index (χ3v) is 2.86. The molecule has 4 nitrogen and oxygen atoms in total. The smallest absolute Gasteiger partial charge is 0.190 e. The predicted molar refractivity (Wildman–Crippen MR) is 72.7 cm³/mol. The van der Waals surface area contributed by atoms with Gasteiger partial charge in [0.05, 0.1) is 11.1 Å². The lowest BCUT2D eigenvalue weighted by atomic mass is 10.2. The van der Waals surface area contributed by atoms with Crippen LogP contribution in [0, 0.1) is 0 Å². The van der Waals surface area contributed by atoms with Crippen LogP contribution in [0.25, 0.3) is 11.0 Å². The molecule has 2 rings (SSSR count). The molecule has 1 heterocycles. The minimum Gasteiger partial charge on any atom is -0.396 e. The maximum Gasteiger partial charge on any atom is 0.190 e. The van der Waals surface area contributed by atoms with Crippen molar-refractivity contribution in [2.45, 2.75) is 5.03 Å². The van der Waals surface area contributed by atoms with Crippen molar-refractivity contribution in [3.63, 3.8) is 0 Å². The van der Waals surface area contributed by atoms with E-state index in [2.05, 4.69) is 5.16 Å². The van der Waals surface area contributed by atoms with Gasteiger partial charge in [-0.3, -0.25) is 0 Å². The number of aromatic nitrogens is 1. The van der Waals surface area contributed by atoms with Crippen molar-refractivity contribution in [1.29, 1.82) is 0 Å². The number of rotatable bonds is 3. The third kappa shape index (κ3) is 2.95. The number of hydrogen-bond acceptors (Lipinski definition) is 5. The van der Waals surface area contributed by atoms with Crippen molar-refractivity contribution in [3.8, 4) is 0 Å². The fourth-order valence-electron chi connectivity index (χ4n) is 1.22. The van der Waals surface area contributed by atoms with Gasteiger partial charge < -0.3 is 16.0 Å². The van der Waals surface area contributed by atoms with Gasteiger partial charge in [-0.15, -0.1) is 36.6 Å². The number of fused-ring (bicyclic) bond motifs is 1. The SMILES string of the molecule is Cl.Cl.NCCSc1noc2c(N)cccc12. The molecule has 1 aromatic heterocycles. The molecule has 0 amide bonds. The summed E-state index contributed by atoms with van der Waals surface area (Å²) >= 11 is 1.58. The van der Waals surface area contributed by atoms with Gasteiger partial charge in [0, 0.05) is 12.3 Å². The van der Waals surface area contributed by atoms with Crippen LogP contribution in [0.1, 0.15) is 0 Å². The van der Waals surface area contributed by atoms with Gasteiger partial charge in [0.15, 0.2) is 5.58 Å². The van der Waals surface area contributed by atoms with E-state index >= 15 is 0 Å². The number of halogens is 2. The van der Waals surface area contributed by atoms with E-state index in [4.69, 9.17) is 16.0 Å². The highest BCUT2D eigenvalue weighted by Crippen LogP contribution is 2.29. The Labute approximate surface area is 110 Å². The second-order valence-corrected chi connectivity index (χ2v) is 3.93. The van der Waals surface area contributed by atoms with Gasteiger partial charge in [-0.2, -0.15) is 0 Å². The van der Waals surface area contributed by atoms with Crippen LogP contribution >= 0.6 is 36.6 Å². The zero-order valence-corrected chi connectivity index (χ0v) is 10.8.